The molecular formula is C20H18F3NO3S. The minimum atomic E-state index is -3.84. The highest BCUT2D eigenvalue weighted by Crippen LogP contribution is 2.58. The van der Waals surface area contributed by atoms with Crippen LogP contribution in [-0.2, 0) is 14.8 Å². The molecule has 8 heteroatoms. The van der Waals surface area contributed by atoms with Gasteiger partial charge in [-0.3, -0.25) is 0 Å². The minimum absolute atomic E-state index is 0.0431. The maximum atomic E-state index is 14.7. The van der Waals surface area contributed by atoms with Gasteiger partial charge in [-0.2, -0.15) is 4.39 Å². The smallest absolute Gasteiger partial charge is 0.283 e. The Morgan fingerprint density at radius 3 is 2.32 bits per heavy atom. The Kier molecular flexibility index (Phi) is 4.22. The van der Waals surface area contributed by atoms with Crippen molar-refractivity contribution in [2.24, 2.45) is 16.5 Å². The molecule has 1 aromatic carbocycles. The molecule has 1 saturated carbocycles. The quantitative estimate of drug-likeness (QED) is 0.762. The van der Waals surface area contributed by atoms with Crippen LogP contribution in [0.2, 0.25) is 0 Å². The van der Waals surface area contributed by atoms with Gasteiger partial charge < -0.3 is 4.74 Å². The van der Waals surface area contributed by atoms with Crippen molar-refractivity contribution in [3.05, 3.63) is 71.4 Å². The lowest BCUT2D eigenvalue weighted by atomic mass is 9.86. The summed E-state index contributed by atoms with van der Waals surface area (Å²) >= 11 is 0. The van der Waals surface area contributed by atoms with Gasteiger partial charge in [-0.1, -0.05) is 30.4 Å². The largest absolute Gasteiger partial charge is 0.341 e. The van der Waals surface area contributed by atoms with Gasteiger partial charge in [-0.15, -0.1) is 0 Å². The Hall–Kier alpha value is -2.16. The van der Waals surface area contributed by atoms with Crippen LogP contribution in [0.25, 0.3) is 5.57 Å². The van der Waals surface area contributed by atoms with Crippen LogP contribution in [0.5, 0.6) is 0 Å². The third kappa shape index (κ3) is 3.05. The summed E-state index contributed by atoms with van der Waals surface area (Å²) < 4.78 is 70.6. The van der Waals surface area contributed by atoms with Crippen LogP contribution >= 0.6 is 0 Å². The van der Waals surface area contributed by atoms with E-state index in [1.54, 1.807) is 12.1 Å². The number of primary sulfonamides is 1. The lowest BCUT2D eigenvalue weighted by molar-refractivity contribution is -0.0678. The standard InChI is InChI=1S/C20H18F3NO3S/c1-27-20(23)7-6-14(17(21)18(20)22)16-11-19(8-9-19)10-15(16)12-2-4-13(5-3-12)28(24,25)26/h2-7,10-11,14H,8-9H2,1H3,(H2,24,25,26). The number of halogens is 3. The Labute approximate surface area is 160 Å². The number of hydrogen-bond donors (Lipinski definition) is 1. The SMILES string of the molecule is COC1(F)C=CC(C2=CC3(C=C2c2ccc(S(N)(=O)=O)cc2)CC3)C(F)=C1F. The predicted molar refractivity (Wildman–Crippen MR) is 98.3 cm³/mol. The third-order valence-corrected chi connectivity index (χ3v) is 6.35. The van der Waals surface area contributed by atoms with Crippen LogP contribution in [0.3, 0.4) is 0 Å². The number of alkyl halides is 1. The molecule has 4 rings (SSSR count). The average Bonchev–Trinajstić information content (AvgIpc) is 3.31. The van der Waals surface area contributed by atoms with E-state index in [1.165, 1.54) is 18.2 Å². The number of methoxy groups -OCH3 is 1. The van der Waals surface area contributed by atoms with Gasteiger partial charge in [0.15, 0.2) is 0 Å². The highest BCUT2D eigenvalue weighted by atomic mass is 32.2. The average molecular weight is 409 g/mol. The fraction of sp³-hybridized carbons (Fsp3) is 0.300. The van der Waals surface area contributed by atoms with Crippen LogP contribution < -0.4 is 5.14 Å². The van der Waals surface area contributed by atoms with Crippen molar-refractivity contribution < 1.29 is 26.3 Å². The zero-order valence-electron chi connectivity index (χ0n) is 15.0. The predicted octanol–water partition coefficient (Wildman–Crippen LogP) is 4.09. The van der Waals surface area contributed by atoms with Crippen molar-refractivity contribution in [3.63, 3.8) is 0 Å². The summed E-state index contributed by atoms with van der Waals surface area (Å²) in [5, 5.41) is 5.12. The van der Waals surface area contributed by atoms with Crippen molar-refractivity contribution in [3.8, 4) is 0 Å². The fourth-order valence-corrected chi connectivity index (χ4v) is 4.15. The third-order valence-electron chi connectivity index (χ3n) is 5.42. The molecule has 0 aliphatic heterocycles. The van der Waals surface area contributed by atoms with Gasteiger partial charge in [0, 0.05) is 12.5 Å². The van der Waals surface area contributed by atoms with E-state index in [0.717, 1.165) is 26.0 Å². The highest BCUT2D eigenvalue weighted by Gasteiger charge is 2.47. The van der Waals surface area contributed by atoms with Crippen molar-refractivity contribution in [2.75, 3.05) is 7.11 Å². The minimum Gasteiger partial charge on any atom is -0.341 e. The molecule has 28 heavy (non-hydrogen) atoms. The van der Waals surface area contributed by atoms with Gasteiger partial charge in [0.05, 0.1) is 10.8 Å². The first-order chi connectivity index (χ1) is 13.1. The number of ether oxygens (including phenoxy) is 1. The summed E-state index contributed by atoms with van der Waals surface area (Å²) in [5.74, 6) is -6.81. The molecule has 0 heterocycles. The highest BCUT2D eigenvalue weighted by molar-refractivity contribution is 7.89. The molecule has 0 saturated heterocycles. The molecule has 1 aromatic rings. The molecule has 3 aliphatic carbocycles. The number of allylic oxidation sites excluding steroid dienone is 6. The van der Waals surface area contributed by atoms with E-state index in [9.17, 15) is 21.6 Å². The van der Waals surface area contributed by atoms with E-state index in [2.05, 4.69) is 4.74 Å². The Balaban J connectivity index is 1.74. The van der Waals surface area contributed by atoms with Crippen LogP contribution in [0.15, 0.2) is 70.7 Å². The van der Waals surface area contributed by atoms with E-state index in [-0.39, 0.29) is 10.3 Å². The number of hydrogen-bond acceptors (Lipinski definition) is 3. The first-order valence-corrected chi connectivity index (χ1v) is 10.2. The van der Waals surface area contributed by atoms with Gasteiger partial charge in [0.2, 0.25) is 15.9 Å². The lowest BCUT2D eigenvalue weighted by Gasteiger charge is -2.27. The van der Waals surface area contributed by atoms with Crippen LogP contribution in [0.1, 0.15) is 18.4 Å². The first-order valence-electron chi connectivity index (χ1n) is 8.67. The maximum Gasteiger partial charge on any atom is 0.283 e. The second-order valence-electron chi connectivity index (χ2n) is 7.31. The molecule has 2 atom stereocenters. The van der Waals surface area contributed by atoms with Crippen molar-refractivity contribution >= 4 is 15.6 Å². The summed E-state index contributed by atoms with van der Waals surface area (Å²) in [6, 6.07) is 5.86. The Morgan fingerprint density at radius 2 is 1.79 bits per heavy atom. The Morgan fingerprint density at radius 1 is 1.14 bits per heavy atom. The van der Waals surface area contributed by atoms with Gasteiger partial charge in [-0.05, 0) is 47.8 Å². The molecule has 2 unspecified atom stereocenters. The molecule has 1 fully saturated rings. The molecule has 0 amide bonds. The van der Waals surface area contributed by atoms with Crippen molar-refractivity contribution in [1.82, 2.24) is 0 Å². The molecule has 0 radical (unpaired) electrons. The van der Waals surface area contributed by atoms with Crippen molar-refractivity contribution in [2.45, 2.75) is 23.6 Å². The van der Waals surface area contributed by atoms with E-state index >= 15 is 0 Å². The number of sulfonamides is 1. The van der Waals surface area contributed by atoms with Crippen molar-refractivity contribution in [1.29, 1.82) is 0 Å². The van der Waals surface area contributed by atoms with E-state index in [1.807, 2.05) is 12.2 Å². The fourth-order valence-electron chi connectivity index (χ4n) is 3.64. The maximum absolute atomic E-state index is 14.7. The number of rotatable bonds is 4. The second-order valence-corrected chi connectivity index (χ2v) is 8.87. The monoisotopic (exact) mass is 409 g/mol. The summed E-state index contributed by atoms with van der Waals surface area (Å²) in [5.41, 5.74) is 1.62. The van der Waals surface area contributed by atoms with Gasteiger partial charge >= 0.3 is 0 Å². The topological polar surface area (TPSA) is 69.4 Å². The van der Waals surface area contributed by atoms with E-state index in [4.69, 9.17) is 5.14 Å². The van der Waals surface area contributed by atoms with E-state index < -0.39 is 33.4 Å². The second kappa shape index (κ2) is 6.17. The normalized spacial score (nSPS) is 28.5. The molecule has 1 spiro atoms. The zero-order chi connectivity index (χ0) is 20.3. The molecular weight excluding hydrogens is 391 g/mol. The summed E-state index contributed by atoms with van der Waals surface area (Å²) in [6.07, 6.45) is 7.74. The van der Waals surface area contributed by atoms with E-state index in [0.29, 0.717) is 16.7 Å². The molecule has 2 N–H and O–H groups in total. The Bertz CT molecular complexity index is 1070. The summed E-state index contributed by atoms with van der Waals surface area (Å²) in [4.78, 5) is -0.0431. The first kappa shape index (κ1) is 19.2. The van der Waals surface area contributed by atoms with Crippen LogP contribution in [0.4, 0.5) is 13.2 Å². The zero-order valence-corrected chi connectivity index (χ0v) is 15.8. The van der Waals surface area contributed by atoms with Gasteiger partial charge in [0.1, 0.15) is 5.83 Å². The lowest BCUT2D eigenvalue weighted by Crippen LogP contribution is -2.29. The molecule has 4 nitrogen and oxygen atoms in total. The van der Waals surface area contributed by atoms with Gasteiger partial charge in [-0.25, -0.2) is 22.3 Å². The summed E-state index contributed by atoms with van der Waals surface area (Å²) in [7, 11) is -2.88. The number of nitrogens with two attached hydrogens (primary N) is 1. The summed E-state index contributed by atoms with van der Waals surface area (Å²) in [6.45, 7) is 0. The molecule has 148 valence electrons. The molecule has 0 aromatic heterocycles. The molecule has 3 aliphatic rings. The van der Waals surface area contributed by atoms with Crippen LogP contribution in [-0.4, -0.2) is 21.4 Å². The van der Waals surface area contributed by atoms with Gasteiger partial charge in [0.25, 0.3) is 5.85 Å². The molecule has 0 bridgehead atoms. The number of benzene rings is 1. The van der Waals surface area contributed by atoms with Crippen LogP contribution in [0, 0.1) is 11.3 Å².